The van der Waals surface area contributed by atoms with E-state index in [1.165, 1.54) is 13.8 Å². The van der Waals surface area contributed by atoms with Crippen LogP contribution in [0.4, 0.5) is 14.5 Å². The first kappa shape index (κ1) is 13.9. The maximum Gasteiger partial charge on any atom is 0.252 e. The number of hydrogen-bond donors (Lipinski definition) is 1. The van der Waals surface area contributed by atoms with Crippen LogP contribution >= 0.6 is 15.9 Å². The molecule has 0 saturated carbocycles. The molecule has 0 aromatic heterocycles. The molecule has 0 atom stereocenters. The van der Waals surface area contributed by atoms with Crippen LogP contribution in [0.1, 0.15) is 13.8 Å². The minimum Gasteiger partial charge on any atom is -0.341 e. The number of halogens is 3. The lowest BCUT2D eigenvalue weighted by atomic mass is 10.00. The van der Waals surface area contributed by atoms with Gasteiger partial charge >= 0.3 is 0 Å². The van der Waals surface area contributed by atoms with Gasteiger partial charge in [0.1, 0.15) is 17.9 Å². The number of nitrogens with one attached hydrogen (secondary N) is 1. The van der Waals surface area contributed by atoms with Gasteiger partial charge in [-0.3, -0.25) is 14.5 Å². The van der Waals surface area contributed by atoms with Crippen LogP contribution in [0.25, 0.3) is 0 Å². The van der Waals surface area contributed by atoms with Crippen molar-refractivity contribution in [1.82, 2.24) is 5.32 Å². The fraction of sp³-hybridized carbons (Fsp3) is 0.333. The highest BCUT2D eigenvalue weighted by atomic mass is 79.9. The number of anilines is 1. The Labute approximate surface area is 116 Å². The Kier molecular flexibility index (Phi) is 3.34. The highest BCUT2D eigenvalue weighted by Gasteiger charge is 2.41. The summed E-state index contributed by atoms with van der Waals surface area (Å²) in [5, 5.41) is 2.51. The van der Waals surface area contributed by atoms with E-state index < -0.39 is 29.0 Å². The van der Waals surface area contributed by atoms with Crippen LogP contribution in [0.15, 0.2) is 16.6 Å². The summed E-state index contributed by atoms with van der Waals surface area (Å²) in [5.74, 6) is -2.52. The van der Waals surface area contributed by atoms with Crippen molar-refractivity contribution in [3.05, 3.63) is 28.2 Å². The first-order valence-corrected chi connectivity index (χ1v) is 6.29. The molecule has 1 aromatic rings. The minimum atomic E-state index is -1.13. The van der Waals surface area contributed by atoms with Crippen LogP contribution in [-0.4, -0.2) is 23.9 Å². The van der Waals surface area contributed by atoms with Crippen LogP contribution < -0.4 is 10.2 Å². The maximum absolute atomic E-state index is 13.9. The Morgan fingerprint density at radius 3 is 2.53 bits per heavy atom. The first-order chi connectivity index (χ1) is 8.72. The van der Waals surface area contributed by atoms with E-state index in [0.29, 0.717) is 6.07 Å². The number of benzene rings is 1. The second-order valence-electron chi connectivity index (χ2n) is 4.78. The zero-order valence-electron chi connectivity index (χ0n) is 10.3. The smallest absolute Gasteiger partial charge is 0.252 e. The summed E-state index contributed by atoms with van der Waals surface area (Å²) in [6, 6.07) is 1.72. The Bertz CT molecular complexity index is 552. The van der Waals surface area contributed by atoms with Crippen molar-refractivity contribution < 1.29 is 18.4 Å². The normalized spacial score (nSPS) is 18.5. The third-order valence-corrected chi connectivity index (χ3v) is 3.39. The SMILES string of the molecule is CC1(C)NC(=O)CN(c2c(F)cc(F)cc2Br)C1=O. The molecule has 1 aliphatic rings. The van der Waals surface area contributed by atoms with Crippen molar-refractivity contribution >= 4 is 33.4 Å². The van der Waals surface area contributed by atoms with Gasteiger partial charge in [0.25, 0.3) is 5.91 Å². The molecule has 0 bridgehead atoms. The van der Waals surface area contributed by atoms with Crippen LogP contribution in [0, 0.1) is 11.6 Å². The first-order valence-electron chi connectivity index (χ1n) is 5.50. The standard InChI is InChI=1S/C12H11BrF2N2O2/c1-12(2)11(19)17(5-9(18)16-12)10-7(13)3-6(14)4-8(10)15/h3-4H,5H2,1-2H3,(H,16,18). The Hall–Kier alpha value is -1.50. The molecule has 0 aliphatic carbocycles. The van der Waals surface area contributed by atoms with Gasteiger partial charge in [-0.15, -0.1) is 0 Å². The predicted molar refractivity (Wildman–Crippen MR) is 68.6 cm³/mol. The molecule has 0 unspecified atom stereocenters. The van der Waals surface area contributed by atoms with Crippen molar-refractivity contribution in [2.45, 2.75) is 19.4 Å². The van der Waals surface area contributed by atoms with E-state index in [2.05, 4.69) is 21.2 Å². The van der Waals surface area contributed by atoms with Crippen molar-refractivity contribution in [1.29, 1.82) is 0 Å². The molecule has 4 nitrogen and oxygen atoms in total. The summed E-state index contributed by atoms with van der Waals surface area (Å²) in [5.41, 5.74) is -1.26. The van der Waals surface area contributed by atoms with Crippen molar-refractivity contribution in [3.63, 3.8) is 0 Å². The van der Waals surface area contributed by atoms with Crippen molar-refractivity contribution in [2.75, 3.05) is 11.4 Å². The molecular formula is C12H11BrF2N2O2. The Balaban J connectivity index is 2.52. The Morgan fingerprint density at radius 1 is 1.32 bits per heavy atom. The van der Waals surface area contributed by atoms with E-state index in [-0.39, 0.29) is 16.7 Å². The molecule has 102 valence electrons. The number of hydrogen-bond acceptors (Lipinski definition) is 2. The molecule has 1 heterocycles. The largest absolute Gasteiger partial charge is 0.341 e. The number of amides is 2. The summed E-state index contributed by atoms with van der Waals surface area (Å²) < 4.78 is 27.0. The summed E-state index contributed by atoms with van der Waals surface area (Å²) in [7, 11) is 0. The van der Waals surface area contributed by atoms with Gasteiger partial charge in [-0.1, -0.05) is 0 Å². The van der Waals surface area contributed by atoms with Gasteiger partial charge in [0, 0.05) is 10.5 Å². The number of carbonyl (C=O) groups excluding carboxylic acids is 2. The van der Waals surface area contributed by atoms with E-state index in [0.717, 1.165) is 11.0 Å². The summed E-state index contributed by atoms with van der Waals surface area (Å²) in [6.45, 7) is 2.74. The predicted octanol–water partition coefficient (Wildman–Crippen LogP) is 1.97. The fourth-order valence-corrected chi connectivity index (χ4v) is 2.59. The van der Waals surface area contributed by atoms with Crippen molar-refractivity contribution in [2.24, 2.45) is 0 Å². The van der Waals surface area contributed by atoms with Crippen LogP contribution in [-0.2, 0) is 9.59 Å². The third kappa shape index (κ3) is 2.47. The van der Waals surface area contributed by atoms with Gasteiger partial charge in [0.05, 0.1) is 5.69 Å². The summed E-state index contributed by atoms with van der Waals surface area (Å²) in [4.78, 5) is 24.8. The molecule has 1 saturated heterocycles. The van der Waals surface area contributed by atoms with Gasteiger partial charge in [-0.2, -0.15) is 0 Å². The lowest BCUT2D eigenvalue weighted by Crippen LogP contribution is -2.64. The average molecular weight is 333 g/mol. The van der Waals surface area contributed by atoms with Crippen LogP contribution in [0.2, 0.25) is 0 Å². The molecule has 1 N–H and O–H groups in total. The quantitative estimate of drug-likeness (QED) is 0.854. The highest BCUT2D eigenvalue weighted by Crippen LogP contribution is 2.32. The number of nitrogens with zero attached hydrogens (tertiary/aromatic N) is 1. The fourth-order valence-electron chi connectivity index (χ4n) is 1.97. The molecule has 0 radical (unpaired) electrons. The van der Waals surface area contributed by atoms with E-state index in [1.54, 1.807) is 0 Å². The van der Waals surface area contributed by atoms with Crippen LogP contribution in [0.5, 0.6) is 0 Å². The molecule has 2 rings (SSSR count). The summed E-state index contributed by atoms with van der Waals surface area (Å²) in [6.07, 6.45) is 0. The summed E-state index contributed by atoms with van der Waals surface area (Å²) >= 11 is 3.01. The molecule has 1 aliphatic heterocycles. The Morgan fingerprint density at radius 2 is 1.95 bits per heavy atom. The lowest BCUT2D eigenvalue weighted by Gasteiger charge is -2.37. The zero-order valence-corrected chi connectivity index (χ0v) is 11.8. The molecule has 1 aromatic carbocycles. The topological polar surface area (TPSA) is 49.4 Å². The minimum absolute atomic E-state index is 0.0869. The van der Waals surface area contributed by atoms with Gasteiger partial charge in [-0.05, 0) is 35.8 Å². The molecule has 19 heavy (non-hydrogen) atoms. The van der Waals surface area contributed by atoms with Crippen LogP contribution in [0.3, 0.4) is 0 Å². The second kappa shape index (κ2) is 4.56. The van der Waals surface area contributed by atoms with E-state index >= 15 is 0 Å². The maximum atomic E-state index is 13.9. The molecule has 0 spiro atoms. The molecule has 1 fully saturated rings. The number of rotatable bonds is 1. The van der Waals surface area contributed by atoms with Gasteiger partial charge < -0.3 is 5.32 Å². The molecule has 7 heteroatoms. The average Bonchev–Trinajstić information content (AvgIpc) is 2.22. The lowest BCUT2D eigenvalue weighted by molar-refractivity contribution is -0.134. The number of carbonyl (C=O) groups is 2. The molecule has 2 amide bonds. The van der Waals surface area contributed by atoms with Gasteiger partial charge in [-0.25, -0.2) is 8.78 Å². The van der Waals surface area contributed by atoms with E-state index in [4.69, 9.17) is 0 Å². The second-order valence-corrected chi connectivity index (χ2v) is 5.64. The van der Waals surface area contributed by atoms with E-state index in [9.17, 15) is 18.4 Å². The van der Waals surface area contributed by atoms with Gasteiger partial charge in [0.15, 0.2) is 5.82 Å². The van der Waals surface area contributed by atoms with E-state index in [1.807, 2.05) is 0 Å². The molecular weight excluding hydrogens is 322 g/mol. The van der Waals surface area contributed by atoms with Crippen molar-refractivity contribution in [3.8, 4) is 0 Å². The highest BCUT2D eigenvalue weighted by molar-refractivity contribution is 9.10. The van der Waals surface area contributed by atoms with Gasteiger partial charge in [0.2, 0.25) is 5.91 Å². The monoisotopic (exact) mass is 332 g/mol. The third-order valence-electron chi connectivity index (χ3n) is 2.79. The number of piperazine rings is 1. The zero-order chi connectivity index (χ0) is 14.4.